The van der Waals surface area contributed by atoms with Gasteiger partial charge in [0.2, 0.25) is 0 Å². The Labute approximate surface area is 94.5 Å². The molecule has 0 amide bonds. The summed E-state index contributed by atoms with van der Waals surface area (Å²) in [5.41, 5.74) is 7.55. The molecule has 0 unspecified atom stereocenters. The molecule has 0 saturated heterocycles. The molecule has 1 aliphatic rings. The molecule has 2 N–H and O–H groups in total. The van der Waals surface area contributed by atoms with Crippen LogP contribution in [0.1, 0.15) is 24.8 Å². The van der Waals surface area contributed by atoms with E-state index in [-0.39, 0.29) is 5.41 Å². The van der Waals surface area contributed by atoms with E-state index in [0.717, 1.165) is 35.4 Å². The quantitative estimate of drug-likeness (QED) is 0.613. The van der Waals surface area contributed by atoms with Crippen molar-refractivity contribution in [1.29, 1.82) is 5.26 Å². The van der Waals surface area contributed by atoms with Gasteiger partial charge >= 0.3 is 0 Å². The van der Waals surface area contributed by atoms with Gasteiger partial charge in [0.05, 0.1) is 11.5 Å². The lowest BCUT2D eigenvalue weighted by Crippen LogP contribution is -2.32. The zero-order valence-corrected chi connectivity index (χ0v) is 9.60. The average molecular weight is 218 g/mol. The van der Waals surface area contributed by atoms with Gasteiger partial charge in [0.1, 0.15) is 0 Å². The highest BCUT2D eigenvalue weighted by molar-refractivity contribution is 7.98. The van der Waals surface area contributed by atoms with Crippen LogP contribution in [0.5, 0.6) is 0 Å². The first-order valence-corrected chi connectivity index (χ1v) is 6.29. The Kier molecular flexibility index (Phi) is 2.62. The normalized spacial score (nSPS) is 17.9. The standard InChI is InChI=1S/C12H14N2S/c1-15-11-7-9(3-4-10(11)14)12(8-13)5-2-6-12/h3-4,7H,2,5-6,14H2,1H3. The summed E-state index contributed by atoms with van der Waals surface area (Å²) in [7, 11) is 0. The number of nitrogens with two attached hydrogens (primary N) is 1. The summed E-state index contributed by atoms with van der Waals surface area (Å²) in [6.07, 6.45) is 5.14. The van der Waals surface area contributed by atoms with E-state index < -0.39 is 0 Å². The van der Waals surface area contributed by atoms with Crippen LogP contribution in [0.2, 0.25) is 0 Å². The number of thioether (sulfide) groups is 1. The monoisotopic (exact) mass is 218 g/mol. The SMILES string of the molecule is CSc1cc(C2(C#N)CCC2)ccc1N. The molecular formula is C12H14N2S. The third-order valence-electron chi connectivity index (χ3n) is 3.21. The summed E-state index contributed by atoms with van der Waals surface area (Å²) in [4.78, 5) is 1.08. The van der Waals surface area contributed by atoms with Crippen molar-refractivity contribution in [2.45, 2.75) is 29.6 Å². The molecule has 0 aromatic heterocycles. The second-order valence-corrected chi connectivity index (χ2v) is 4.85. The molecule has 2 rings (SSSR count). The van der Waals surface area contributed by atoms with Crippen molar-refractivity contribution in [2.75, 3.05) is 12.0 Å². The maximum atomic E-state index is 9.23. The number of nitriles is 1. The lowest BCUT2D eigenvalue weighted by molar-refractivity contribution is 0.323. The first kappa shape index (κ1) is 10.4. The van der Waals surface area contributed by atoms with Crippen molar-refractivity contribution in [1.82, 2.24) is 0 Å². The van der Waals surface area contributed by atoms with Gasteiger partial charge in [-0.05, 0) is 43.2 Å². The highest BCUT2D eigenvalue weighted by atomic mass is 32.2. The van der Waals surface area contributed by atoms with Crippen LogP contribution in [0.25, 0.3) is 0 Å². The number of anilines is 1. The van der Waals surface area contributed by atoms with Gasteiger partial charge in [-0.2, -0.15) is 5.26 Å². The zero-order valence-electron chi connectivity index (χ0n) is 8.79. The van der Waals surface area contributed by atoms with E-state index in [9.17, 15) is 5.26 Å². The lowest BCUT2D eigenvalue weighted by atomic mass is 9.65. The molecule has 1 aromatic rings. The smallest absolute Gasteiger partial charge is 0.0822 e. The molecule has 0 spiro atoms. The number of nitrogen functional groups attached to an aromatic ring is 1. The first-order valence-electron chi connectivity index (χ1n) is 5.07. The predicted octanol–water partition coefficient (Wildman–Crippen LogP) is 2.94. The van der Waals surface area contributed by atoms with Gasteiger partial charge in [0, 0.05) is 10.6 Å². The predicted molar refractivity (Wildman–Crippen MR) is 63.8 cm³/mol. The van der Waals surface area contributed by atoms with Crippen LogP contribution in [0.3, 0.4) is 0 Å². The number of benzene rings is 1. The molecule has 0 bridgehead atoms. The molecule has 0 atom stereocenters. The Morgan fingerprint density at radius 3 is 2.67 bits per heavy atom. The van der Waals surface area contributed by atoms with Gasteiger partial charge in [-0.25, -0.2) is 0 Å². The molecule has 78 valence electrons. The fourth-order valence-corrected chi connectivity index (χ4v) is 2.55. The Morgan fingerprint density at radius 2 is 2.20 bits per heavy atom. The van der Waals surface area contributed by atoms with E-state index in [1.807, 2.05) is 18.4 Å². The second-order valence-electron chi connectivity index (χ2n) is 4.00. The summed E-state index contributed by atoms with van der Waals surface area (Å²) in [5.74, 6) is 0. The van der Waals surface area contributed by atoms with Gasteiger partial charge < -0.3 is 5.73 Å². The van der Waals surface area contributed by atoms with E-state index in [1.54, 1.807) is 11.8 Å². The molecule has 1 saturated carbocycles. The summed E-state index contributed by atoms with van der Waals surface area (Å²) < 4.78 is 0. The Morgan fingerprint density at radius 1 is 1.47 bits per heavy atom. The Bertz CT molecular complexity index is 416. The van der Waals surface area contributed by atoms with E-state index in [2.05, 4.69) is 12.1 Å². The van der Waals surface area contributed by atoms with Gasteiger partial charge in [0.25, 0.3) is 0 Å². The zero-order chi connectivity index (χ0) is 10.9. The minimum atomic E-state index is -0.224. The largest absolute Gasteiger partial charge is 0.398 e. The molecule has 2 nitrogen and oxygen atoms in total. The van der Waals surface area contributed by atoms with Crippen LogP contribution < -0.4 is 5.73 Å². The minimum Gasteiger partial charge on any atom is -0.398 e. The van der Waals surface area contributed by atoms with Crippen LogP contribution in [0, 0.1) is 11.3 Å². The topological polar surface area (TPSA) is 49.8 Å². The number of rotatable bonds is 2. The van der Waals surface area contributed by atoms with E-state index in [0.29, 0.717) is 0 Å². The second kappa shape index (κ2) is 3.79. The summed E-state index contributed by atoms with van der Waals surface area (Å²) in [6.45, 7) is 0. The molecule has 1 aliphatic carbocycles. The van der Waals surface area contributed by atoms with E-state index >= 15 is 0 Å². The highest BCUT2D eigenvalue weighted by Crippen LogP contribution is 2.44. The molecule has 3 heteroatoms. The molecule has 1 aromatic carbocycles. The Hall–Kier alpha value is -1.14. The molecule has 0 heterocycles. The third-order valence-corrected chi connectivity index (χ3v) is 4.00. The minimum absolute atomic E-state index is 0.224. The van der Waals surface area contributed by atoms with Crippen molar-refractivity contribution in [3.8, 4) is 6.07 Å². The maximum Gasteiger partial charge on any atom is 0.0822 e. The average Bonchev–Trinajstić information content (AvgIpc) is 2.19. The molecule has 0 radical (unpaired) electrons. The van der Waals surface area contributed by atoms with E-state index in [4.69, 9.17) is 5.73 Å². The number of hydrogen-bond donors (Lipinski definition) is 1. The third kappa shape index (κ3) is 1.59. The fraction of sp³-hybridized carbons (Fsp3) is 0.417. The van der Waals surface area contributed by atoms with Crippen LogP contribution in [-0.4, -0.2) is 6.26 Å². The van der Waals surface area contributed by atoms with Gasteiger partial charge in [-0.1, -0.05) is 6.07 Å². The van der Waals surface area contributed by atoms with Gasteiger partial charge in [-0.3, -0.25) is 0 Å². The fourth-order valence-electron chi connectivity index (χ4n) is 2.00. The lowest BCUT2D eigenvalue weighted by Gasteiger charge is -2.35. The number of hydrogen-bond acceptors (Lipinski definition) is 3. The van der Waals surface area contributed by atoms with Crippen LogP contribution in [0.4, 0.5) is 5.69 Å². The van der Waals surface area contributed by atoms with Crippen LogP contribution in [-0.2, 0) is 5.41 Å². The first-order chi connectivity index (χ1) is 7.22. The van der Waals surface area contributed by atoms with Crippen molar-refractivity contribution < 1.29 is 0 Å². The van der Waals surface area contributed by atoms with Gasteiger partial charge in [-0.15, -0.1) is 11.8 Å². The van der Waals surface area contributed by atoms with Crippen molar-refractivity contribution in [3.05, 3.63) is 23.8 Å². The van der Waals surface area contributed by atoms with Gasteiger partial charge in [0.15, 0.2) is 0 Å². The summed E-state index contributed by atoms with van der Waals surface area (Å²) in [5, 5.41) is 9.23. The summed E-state index contributed by atoms with van der Waals surface area (Å²) >= 11 is 1.64. The van der Waals surface area contributed by atoms with Crippen LogP contribution >= 0.6 is 11.8 Å². The summed E-state index contributed by atoms with van der Waals surface area (Å²) in [6, 6.07) is 8.44. The molecule has 15 heavy (non-hydrogen) atoms. The molecular weight excluding hydrogens is 204 g/mol. The van der Waals surface area contributed by atoms with E-state index in [1.165, 1.54) is 0 Å². The maximum absolute atomic E-state index is 9.23. The molecule has 1 fully saturated rings. The Balaban J connectivity index is 2.41. The highest BCUT2D eigenvalue weighted by Gasteiger charge is 2.39. The number of nitrogens with zero attached hydrogens (tertiary/aromatic N) is 1. The van der Waals surface area contributed by atoms with Crippen molar-refractivity contribution in [3.63, 3.8) is 0 Å². The van der Waals surface area contributed by atoms with Crippen molar-refractivity contribution >= 4 is 17.4 Å². The van der Waals surface area contributed by atoms with Crippen LogP contribution in [0.15, 0.2) is 23.1 Å². The molecule has 0 aliphatic heterocycles. The van der Waals surface area contributed by atoms with Crippen molar-refractivity contribution in [2.24, 2.45) is 0 Å².